The molecule has 2 atom stereocenters. The van der Waals surface area contributed by atoms with Crippen molar-refractivity contribution in [2.45, 2.75) is 39.8 Å². The molecule has 16 heavy (non-hydrogen) atoms. The number of rotatable bonds is 1. The van der Waals surface area contributed by atoms with Gasteiger partial charge in [0.2, 0.25) is 0 Å². The Morgan fingerprint density at radius 1 is 1.38 bits per heavy atom. The van der Waals surface area contributed by atoms with Crippen LogP contribution in [0.5, 0.6) is 0 Å². The molecule has 1 aliphatic heterocycles. The molecule has 1 aliphatic carbocycles. The van der Waals surface area contributed by atoms with Crippen LogP contribution in [0.15, 0.2) is 28.5 Å². The number of nitrogens with zero attached hydrogens (tertiary/aromatic N) is 1. The highest BCUT2D eigenvalue weighted by atomic mass is 16.5. The lowest BCUT2D eigenvalue weighted by atomic mass is 9.81. The summed E-state index contributed by atoms with van der Waals surface area (Å²) in [6.07, 6.45) is 4.26. The Hall–Kier alpha value is -1.25. The third-order valence-electron chi connectivity index (χ3n) is 2.97. The average Bonchev–Trinajstić information content (AvgIpc) is 2.54. The van der Waals surface area contributed by atoms with Gasteiger partial charge < -0.3 is 9.47 Å². The molecule has 0 aromatic heterocycles. The zero-order valence-corrected chi connectivity index (χ0v) is 10.6. The lowest BCUT2D eigenvalue weighted by Gasteiger charge is -2.28. The second kappa shape index (κ2) is 3.65. The molecule has 0 fully saturated rings. The van der Waals surface area contributed by atoms with Crippen molar-refractivity contribution in [2.24, 2.45) is 10.4 Å². The molecule has 3 nitrogen and oxygen atoms in total. The average molecular weight is 221 g/mol. The van der Waals surface area contributed by atoms with E-state index in [4.69, 9.17) is 9.47 Å². The van der Waals surface area contributed by atoms with Crippen molar-refractivity contribution >= 4 is 5.90 Å². The standard InChI is InChI=1S/C13H19NO2/c1-8-14-12-10(15-5)6-9(13(2,3)4)7-11(12)16-8/h6-7,11-12H,1-5H3. The molecule has 0 saturated carbocycles. The van der Waals surface area contributed by atoms with Crippen molar-refractivity contribution in [3.63, 3.8) is 0 Å². The lowest BCUT2D eigenvalue weighted by molar-refractivity contribution is 0.192. The quantitative estimate of drug-likeness (QED) is 0.681. The second-order valence-corrected chi connectivity index (χ2v) is 5.30. The molecule has 2 aliphatic rings. The molecule has 3 heteroatoms. The van der Waals surface area contributed by atoms with Gasteiger partial charge >= 0.3 is 0 Å². The van der Waals surface area contributed by atoms with Crippen LogP contribution < -0.4 is 0 Å². The van der Waals surface area contributed by atoms with Gasteiger partial charge in [-0.1, -0.05) is 20.8 Å². The number of ether oxygens (including phenoxy) is 2. The first-order valence-electron chi connectivity index (χ1n) is 5.61. The summed E-state index contributed by atoms with van der Waals surface area (Å²) in [5, 5.41) is 0. The SMILES string of the molecule is COC1=CC(C(C)(C)C)=CC2OC(C)=NC12. The van der Waals surface area contributed by atoms with Crippen molar-refractivity contribution < 1.29 is 9.47 Å². The number of aliphatic imine (C=N–C) groups is 1. The lowest BCUT2D eigenvalue weighted by Crippen LogP contribution is -2.28. The van der Waals surface area contributed by atoms with E-state index in [-0.39, 0.29) is 17.6 Å². The summed E-state index contributed by atoms with van der Waals surface area (Å²) in [6, 6.07) is 0.0103. The fraction of sp³-hybridized carbons (Fsp3) is 0.615. The predicted octanol–water partition coefficient (Wildman–Crippen LogP) is 2.69. The van der Waals surface area contributed by atoms with E-state index >= 15 is 0 Å². The molecule has 0 aromatic carbocycles. The van der Waals surface area contributed by atoms with Gasteiger partial charge in [-0.2, -0.15) is 0 Å². The van der Waals surface area contributed by atoms with Crippen molar-refractivity contribution in [2.75, 3.05) is 7.11 Å². The summed E-state index contributed by atoms with van der Waals surface area (Å²) in [6.45, 7) is 8.44. The van der Waals surface area contributed by atoms with E-state index in [0.717, 1.165) is 11.7 Å². The maximum absolute atomic E-state index is 5.68. The molecule has 2 rings (SSSR count). The van der Waals surface area contributed by atoms with Crippen molar-refractivity contribution in [3.8, 4) is 0 Å². The first-order valence-corrected chi connectivity index (χ1v) is 5.61. The molecule has 88 valence electrons. The first kappa shape index (κ1) is 11.2. The minimum atomic E-state index is 0.00850. The van der Waals surface area contributed by atoms with Crippen LogP contribution in [-0.2, 0) is 9.47 Å². The van der Waals surface area contributed by atoms with Gasteiger partial charge in [0.05, 0.1) is 7.11 Å². The van der Waals surface area contributed by atoms with E-state index in [0.29, 0.717) is 0 Å². The molecule has 1 heterocycles. The highest BCUT2D eigenvalue weighted by Gasteiger charge is 2.36. The van der Waals surface area contributed by atoms with Gasteiger partial charge in [-0.3, -0.25) is 0 Å². The number of hydrogen-bond donors (Lipinski definition) is 0. The van der Waals surface area contributed by atoms with Gasteiger partial charge in [-0.25, -0.2) is 4.99 Å². The summed E-state index contributed by atoms with van der Waals surface area (Å²) in [5.74, 6) is 1.64. The zero-order chi connectivity index (χ0) is 11.9. The highest BCUT2D eigenvalue weighted by molar-refractivity contribution is 5.76. The molecule has 2 unspecified atom stereocenters. The molecular weight excluding hydrogens is 202 g/mol. The van der Waals surface area contributed by atoms with Gasteiger partial charge in [0.25, 0.3) is 0 Å². The highest BCUT2D eigenvalue weighted by Crippen LogP contribution is 2.35. The minimum Gasteiger partial charge on any atom is -0.499 e. The fourth-order valence-electron chi connectivity index (χ4n) is 2.02. The zero-order valence-electron chi connectivity index (χ0n) is 10.6. The van der Waals surface area contributed by atoms with E-state index < -0.39 is 0 Å². The van der Waals surface area contributed by atoms with Gasteiger partial charge in [-0.15, -0.1) is 0 Å². The number of fused-ring (bicyclic) bond motifs is 1. The summed E-state index contributed by atoms with van der Waals surface area (Å²) in [4.78, 5) is 4.44. The number of allylic oxidation sites excluding steroid dienone is 2. The van der Waals surface area contributed by atoms with E-state index in [1.807, 2.05) is 6.92 Å². The molecule has 0 N–H and O–H groups in total. The van der Waals surface area contributed by atoms with Gasteiger partial charge in [0.15, 0.2) is 11.9 Å². The van der Waals surface area contributed by atoms with E-state index in [9.17, 15) is 0 Å². The smallest absolute Gasteiger partial charge is 0.181 e. The fourth-order valence-corrected chi connectivity index (χ4v) is 2.02. The van der Waals surface area contributed by atoms with E-state index in [1.54, 1.807) is 7.11 Å². The van der Waals surface area contributed by atoms with Gasteiger partial charge in [0.1, 0.15) is 11.9 Å². The van der Waals surface area contributed by atoms with E-state index in [1.165, 1.54) is 5.57 Å². The Morgan fingerprint density at radius 2 is 2.06 bits per heavy atom. The summed E-state index contributed by atoms with van der Waals surface area (Å²) >= 11 is 0. The third-order valence-corrected chi connectivity index (χ3v) is 2.97. The second-order valence-electron chi connectivity index (χ2n) is 5.30. The molecule has 0 amide bonds. The monoisotopic (exact) mass is 221 g/mol. The maximum atomic E-state index is 5.68. The van der Waals surface area contributed by atoms with Crippen LogP contribution in [0.3, 0.4) is 0 Å². The number of methoxy groups -OCH3 is 1. The Balaban J connectivity index is 2.35. The largest absolute Gasteiger partial charge is 0.499 e. The predicted molar refractivity (Wildman–Crippen MR) is 64.4 cm³/mol. The maximum Gasteiger partial charge on any atom is 0.181 e. The topological polar surface area (TPSA) is 30.8 Å². The summed E-state index contributed by atoms with van der Waals surface area (Å²) in [5.41, 5.74) is 1.35. The summed E-state index contributed by atoms with van der Waals surface area (Å²) in [7, 11) is 1.69. The van der Waals surface area contributed by atoms with Crippen LogP contribution in [0.2, 0.25) is 0 Å². The van der Waals surface area contributed by atoms with Crippen LogP contribution in [-0.4, -0.2) is 25.2 Å². The van der Waals surface area contributed by atoms with Crippen LogP contribution >= 0.6 is 0 Å². The van der Waals surface area contributed by atoms with Gasteiger partial charge in [-0.05, 0) is 23.1 Å². The summed E-state index contributed by atoms with van der Waals surface area (Å²) < 4.78 is 11.1. The molecule has 0 saturated heterocycles. The minimum absolute atomic E-state index is 0.00850. The van der Waals surface area contributed by atoms with Crippen molar-refractivity contribution in [3.05, 3.63) is 23.5 Å². The Morgan fingerprint density at radius 3 is 2.62 bits per heavy atom. The van der Waals surface area contributed by atoms with Crippen LogP contribution in [0.1, 0.15) is 27.7 Å². The molecule has 0 radical (unpaired) electrons. The van der Waals surface area contributed by atoms with Crippen molar-refractivity contribution in [1.29, 1.82) is 0 Å². The number of hydrogen-bond acceptors (Lipinski definition) is 3. The molecule has 0 aromatic rings. The van der Waals surface area contributed by atoms with Gasteiger partial charge in [0, 0.05) is 6.92 Å². The van der Waals surface area contributed by atoms with Crippen LogP contribution in [0, 0.1) is 5.41 Å². The van der Waals surface area contributed by atoms with Crippen LogP contribution in [0.25, 0.3) is 0 Å². The Kier molecular flexibility index (Phi) is 2.56. The van der Waals surface area contributed by atoms with E-state index in [2.05, 4.69) is 37.9 Å². The first-order chi connectivity index (χ1) is 7.41. The Bertz CT molecular complexity index is 385. The third kappa shape index (κ3) is 1.86. The van der Waals surface area contributed by atoms with Crippen molar-refractivity contribution in [1.82, 2.24) is 0 Å². The molecular formula is C13H19NO2. The normalized spacial score (nSPS) is 28.7. The Labute approximate surface area is 96.9 Å². The van der Waals surface area contributed by atoms with Crippen LogP contribution in [0.4, 0.5) is 0 Å². The molecule has 0 spiro atoms. The molecule has 0 bridgehead atoms.